The summed E-state index contributed by atoms with van der Waals surface area (Å²) in [6, 6.07) is 0. The van der Waals surface area contributed by atoms with E-state index in [0.717, 1.165) is 24.3 Å². The lowest BCUT2D eigenvalue weighted by Gasteiger charge is -1.99. The summed E-state index contributed by atoms with van der Waals surface area (Å²) in [5.74, 6) is 0. The lowest BCUT2D eigenvalue weighted by molar-refractivity contribution is -0.480. The Kier molecular flexibility index (Phi) is 1.00. The van der Waals surface area contributed by atoms with Crippen molar-refractivity contribution in [3.8, 4) is 0 Å². The highest BCUT2D eigenvalue weighted by Gasteiger charge is 2.24. The molecule has 0 N–H and O–H groups in total. The Morgan fingerprint density at radius 3 is 3.30 bits per heavy atom. The second kappa shape index (κ2) is 1.83. The molecule has 0 amide bonds. The summed E-state index contributed by atoms with van der Waals surface area (Å²) >= 11 is 0. The number of nitrogens with zero attached hydrogens (tertiary/aromatic N) is 3. The van der Waals surface area contributed by atoms with Crippen molar-refractivity contribution in [1.29, 1.82) is 0 Å². The van der Waals surface area contributed by atoms with Crippen LogP contribution in [0.25, 0.3) is 0 Å². The van der Waals surface area contributed by atoms with Crippen LogP contribution in [-0.2, 0) is 0 Å². The molecule has 2 aliphatic heterocycles. The van der Waals surface area contributed by atoms with Crippen LogP contribution in [0, 0.1) is 4.91 Å². The quantitative estimate of drug-likeness (QED) is 0.447. The molecule has 0 unspecified atom stereocenters. The van der Waals surface area contributed by atoms with Crippen molar-refractivity contribution in [1.82, 2.24) is 0 Å². The van der Waals surface area contributed by atoms with E-state index in [9.17, 15) is 4.91 Å². The number of hydrazone groups is 1. The van der Waals surface area contributed by atoms with Crippen LogP contribution in [-0.4, -0.2) is 23.3 Å². The van der Waals surface area contributed by atoms with Crippen molar-refractivity contribution in [3.05, 3.63) is 16.7 Å². The lowest BCUT2D eigenvalue weighted by Crippen LogP contribution is -2.08. The van der Waals surface area contributed by atoms with Gasteiger partial charge in [0.15, 0.2) is 10.6 Å². The molecule has 4 nitrogen and oxygen atoms in total. The Morgan fingerprint density at radius 1 is 1.60 bits per heavy atom. The van der Waals surface area contributed by atoms with E-state index in [1.807, 2.05) is 0 Å². The molecule has 0 saturated carbocycles. The molecule has 2 rings (SSSR count). The second-order valence-electron chi connectivity index (χ2n) is 2.23. The van der Waals surface area contributed by atoms with Crippen LogP contribution in [0.1, 0.15) is 6.42 Å². The van der Waals surface area contributed by atoms with Crippen LogP contribution in [0.15, 0.2) is 21.9 Å². The lowest BCUT2D eigenvalue weighted by atomic mass is 10.1. The first kappa shape index (κ1) is 5.46. The molecule has 0 fully saturated rings. The van der Waals surface area contributed by atoms with Gasteiger partial charge in [-0.1, -0.05) is 0 Å². The van der Waals surface area contributed by atoms with E-state index in [0.29, 0.717) is 4.87 Å². The van der Waals surface area contributed by atoms with E-state index < -0.39 is 0 Å². The zero-order valence-corrected chi connectivity index (χ0v) is 5.32. The zero-order valence-electron chi connectivity index (χ0n) is 5.32. The molecule has 2 heterocycles. The fourth-order valence-corrected chi connectivity index (χ4v) is 1.04. The number of hydrogen-bond donors (Lipinski definition) is 0. The Labute approximate surface area is 57.5 Å². The van der Waals surface area contributed by atoms with Crippen LogP contribution < -0.4 is 0 Å². The molecule has 0 aromatic carbocycles. The van der Waals surface area contributed by atoms with Gasteiger partial charge in [-0.3, -0.25) is 4.99 Å². The maximum absolute atomic E-state index is 10.6. The van der Waals surface area contributed by atoms with Crippen molar-refractivity contribution in [3.63, 3.8) is 0 Å². The van der Waals surface area contributed by atoms with Crippen molar-refractivity contribution in [2.24, 2.45) is 10.1 Å². The second-order valence-corrected chi connectivity index (χ2v) is 2.23. The summed E-state index contributed by atoms with van der Waals surface area (Å²) in [6.07, 6.45) is 3.99. The number of rotatable bonds is 0. The Balaban J connectivity index is 2.46. The minimum absolute atomic E-state index is 0.585. The highest BCUT2D eigenvalue weighted by molar-refractivity contribution is 6.38. The van der Waals surface area contributed by atoms with Gasteiger partial charge < -0.3 is 0 Å². The van der Waals surface area contributed by atoms with Gasteiger partial charge in [-0.25, -0.2) is 0 Å². The summed E-state index contributed by atoms with van der Waals surface area (Å²) < 4.78 is 0. The normalized spacial score (nSPS) is 22.2. The molecule has 0 bridgehead atoms. The van der Waals surface area contributed by atoms with Crippen LogP contribution >= 0.6 is 0 Å². The third kappa shape index (κ3) is 0.689. The Hall–Kier alpha value is -1.32. The average molecular weight is 136 g/mol. The number of fused-ring (bicyclic) bond motifs is 1. The van der Waals surface area contributed by atoms with Gasteiger partial charge in [-0.2, -0.15) is 0 Å². The summed E-state index contributed by atoms with van der Waals surface area (Å²) in [4.78, 5) is 15.2. The fourth-order valence-electron chi connectivity index (χ4n) is 1.04. The van der Waals surface area contributed by atoms with Gasteiger partial charge in [0, 0.05) is 13.0 Å². The van der Waals surface area contributed by atoms with E-state index in [1.165, 1.54) is 6.20 Å². The molecule has 0 atom stereocenters. The van der Waals surface area contributed by atoms with Gasteiger partial charge in [0.1, 0.15) is 0 Å². The highest BCUT2D eigenvalue weighted by atomic mass is 16.3. The molecule has 0 aromatic heterocycles. The topological polar surface area (TPSA) is 44.8 Å². The third-order valence-corrected chi connectivity index (χ3v) is 1.53. The van der Waals surface area contributed by atoms with Gasteiger partial charge in [0.05, 0.1) is 21.8 Å². The van der Waals surface area contributed by atoms with Crippen molar-refractivity contribution < 1.29 is 4.87 Å². The minimum Gasteiger partial charge on any atom is -0.290 e. The van der Waals surface area contributed by atoms with Gasteiger partial charge >= 0.3 is 0 Å². The maximum atomic E-state index is 10.6. The first-order chi connectivity index (χ1) is 4.86. The van der Waals surface area contributed by atoms with Crippen molar-refractivity contribution in [2.75, 3.05) is 6.54 Å². The molecule has 0 aliphatic carbocycles. The molecule has 10 heavy (non-hydrogen) atoms. The summed E-state index contributed by atoms with van der Waals surface area (Å²) in [7, 11) is 0. The van der Waals surface area contributed by atoms with Crippen LogP contribution in [0.4, 0.5) is 0 Å². The molecule has 2 aliphatic rings. The number of hydrogen-bond acceptors (Lipinski definition) is 2. The average Bonchev–Trinajstić information content (AvgIpc) is 2.27. The summed E-state index contributed by atoms with van der Waals surface area (Å²) in [6.45, 7) is 0.776. The van der Waals surface area contributed by atoms with Crippen LogP contribution in [0.5, 0.6) is 0 Å². The standard InChI is InChI=1S/C6H6N3O/c10-9-4-5-1-2-7-3-6(5)8-9/h3-4H,1-2H2/q+1. The number of aliphatic imine (C=N–C) groups is 1. The number of nitroso groups, excluding NO2 is 1. The van der Waals surface area contributed by atoms with Gasteiger partial charge in [-0.05, 0) is 0 Å². The van der Waals surface area contributed by atoms with E-state index in [1.54, 1.807) is 6.21 Å². The van der Waals surface area contributed by atoms with E-state index in [4.69, 9.17) is 0 Å². The molecule has 4 heteroatoms. The first-order valence-electron chi connectivity index (χ1n) is 3.12. The minimum atomic E-state index is 0.585. The smallest absolute Gasteiger partial charge is 0.265 e. The van der Waals surface area contributed by atoms with E-state index in [-0.39, 0.29) is 0 Å². The molecular weight excluding hydrogens is 130 g/mol. The summed E-state index contributed by atoms with van der Waals surface area (Å²) in [5.41, 5.74) is 1.73. The Bertz CT molecular complexity index is 275. The van der Waals surface area contributed by atoms with Crippen molar-refractivity contribution in [2.45, 2.75) is 6.42 Å². The molecule has 0 radical (unpaired) electrons. The fraction of sp³-hybridized carbons (Fsp3) is 0.333. The van der Waals surface area contributed by atoms with Gasteiger partial charge in [-0.15, -0.1) is 0 Å². The van der Waals surface area contributed by atoms with Gasteiger partial charge in [0.25, 0.3) is 6.20 Å². The van der Waals surface area contributed by atoms with Crippen molar-refractivity contribution >= 4 is 11.9 Å². The molecular formula is C6H6N3O+. The van der Waals surface area contributed by atoms with Crippen LogP contribution in [0.3, 0.4) is 0 Å². The van der Waals surface area contributed by atoms with E-state index in [2.05, 4.69) is 10.1 Å². The maximum Gasteiger partial charge on any atom is 0.265 e. The Morgan fingerprint density at radius 2 is 2.50 bits per heavy atom. The zero-order chi connectivity index (χ0) is 6.97. The summed E-state index contributed by atoms with van der Waals surface area (Å²) in [5, 5.41) is 3.66. The molecule has 50 valence electrons. The monoisotopic (exact) mass is 136 g/mol. The third-order valence-electron chi connectivity index (χ3n) is 1.53. The highest BCUT2D eigenvalue weighted by Crippen LogP contribution is 2.13. The van der Waals surface area contributed by atoms with Gasteiger partial charge in [0.2, 0.25) is 0 Å². The predicted octanol–water partition coefficient (Wildman–Crippen LogP) is 0.493. The van der Waals surface area contributed by atoms with Crippen LogP contribution in [0.2, 0.25) is 0 Å². The predicted molar refractivity (Wildman–Crippen MR) is 37.1 cm³/mol. The molecule has 0 spiro atoms. The molecule has 0 saturated heterocycles. The largest absolute Gasteiger partial charge is 0.290 e. The first-order valence-corrected chi connectivity index (χ1v) is 3.12. The van der Waals surface area contributed by atoms with E-state index >= 15 is 0 Å². The SMILES string of the molecule is O=[N+]1C=C2CCN=CC2=N1. The molecule has 0 aromatic rings.